The molecule has 0 spiro atoms. The van der Waals surface area contributed by atoms with E-state index in [0.717, 1.165) is 5.56 Å². The number of nitrogens with zero attached hydrogens (tertiary/aromatic N) is 1. The molecule has 1 heterocycles. The van der Waals surface area contributed by atoms with Gasteiger partial charge in [-0.15, -0.1) is 0 Å². The molecule has 1 aliphatic heterocycles. The fourth-order valence-electron chi connectivity index (χ4n) is 1.98. The normalized spacial score (nSPS) is 20.3. The molecular formula is C11H16N2O4S2. The highest BCUT2D eigenvalue weighted by Crippen LogP contribution is 2.24. The van der Waals surface area contributed by atoms with Crippen molar-refractivity contribution in [2.75, 3.05) is 30.3 Å². The summed E-state index contributed by atoms with van der Waals surface area (Å²) in [6.07, 6.45) is 0. The van der Waals surface area contributed by atoms with Crippen molar-refractivity contribution in [1.29, 1.82) is 0 Å². The second-order valence-electron chi connectivity index (χ2n) is 4.60. The molecule has 8 heteroatoms. The summed E-state index contributed by atoms with van der Waals surface area (Å²) in [4.78, 5) is 0.0393. The number of nitrogens with two attached hydrogens (primary N) is 1. The van der Waals surface area contributed by atoms with Gasteiger partial charge in [-0.1, -0.05) is 6.07 Å². The fraction of sp³-hybridized carbons (Fsp3) is 0.455. The molecule has 1 saturated heterocycles. The minimum Gasteiger partial charge on any atom is -0.398 e. The molecule has 0 saturated carbocycles. The molecule has 0 unspecified atom stereocenters. The number of anilines is 1. The van der Waals surface area contributed by atoms with Crippen LogP contribution >= 0.6 is 0 Å². The Balaban J connectivity index is 2.33. The van der Waals surface area contributed by atoms with Gasteiger partial charge in [-0.2, -0.15) is 4.31 Å². The van der Waals surface area contributed by atoms with Gasteiger partial charge in [0, 0.05) is 13.1 Å². The van der Waals surface area contributed by atoms with Crippen LogP contribution < -0.4 is 5.73 Å². The lowest BCUT2D eigenvalue weighted by Gasteiger charge is -2.26. The fourth-order valence-corrected chi connectivity index (χ4v) is 4.95. The maximum Gasteiger partial charge on any atom is 0.245 e. The highest BCUT2D eigenvalue weighted by molar-refractivity contribution is 7.92. The van der Waals surface area contributed by atoms with Crippen LogP contribution in [0.25, 0.3) is 0 Å². The molecular weight excluding hydrogens is 288 g/mol. The van der Waals surface area contributed by atoms with Crippen molar-refractivity contribution >= 4 is 25.5 Å². The maximum absolute atomic E-state index is 12.4. The van der Waals surface area contributed by atoms with E-state index in [2.05, 4.69) is 0 Å². The summed E-state index contributed by atoms with van der Waals surface area (Å²) < 4.78 is 48.6. The zero-order valence-electron chi connectivity index (χ0n) is 10.5. The number of aryl methyl sites for hydroxylation is 1. The summed E-state index contributed by atoms with van der Waals surface area (Å²) in [5, 5.41) is 0. The summed E-state index contributed by atoms with van der Waals surface area (Å²) in [5.41, 5.74) is 6.80. The largest absolute Gasteiger partial charge is 0.398 e. The predicted octanol–water partition coefficient (Wildman–Crippen LogP) is -0.00368. The molecule has 0 aliphatic carbocycles. The molecule has 1 aromatic carbocycles. The Bertz CT molecular complexity index is 681. The Morgan fingerprint density at radius 1 is 1.21 bits per heavy atom. The van der Waals surface area contributed by atoms with Crippen LogP contribution in [0, 0.1) is 6.92 Å². The highest BCUT2D eigenvalue weighted by Gasteiger charge is 2.32. The van der Waals surface area contributed by atoms with Gasteiger partial charge in [0.2, 0.25) is 10.0 Å². The first-order valence-corrected chi connectivity index (χ1v) is 9.05. The summed E-state index contributed by atoms with van der Waals surface area (Å²) in [6.45, 7) is 1.79. The zero-order valence-corrected chi connectivity index (χ0v) is 12.2. The van der Waals surface area contributed by atoms with Gasteiger partial charge in [-0.3, -0.25) is 0 Å². The van der Waals surface area contributed by atoms with Crippen LogP contribution in [0.15, 0.2) is 23.1 Å². The lowest BCUT2D eigenvalue weighted by atomic mass is 10.2. The van der Waals surface area contributed by atoms with E-state index in [4.69, 9.17) is 5.73 Å². The average molecular weight is 304 g/mol. The monoisotopic (exact) mass is 304 g/mol. The van der Waals surface area contributed by atoms with Crippen LogP contribution in [0.4, 0.5) is 5.69 Å². The number of nitrogen functional groups attached to an aromatic ring is 1. The SMILES string of the molecule is Cc1ccc(S(=O)(=O)N2CCS(=O)(=O)CC2)c(N)c1. The Morgan fingerprint density at radius 2 is 1.79 bits per heavy atom. The van der Waals surface area contributed by atoms with E-state index in [0.29, 0.717) is 0 Å². The summed E-state index contributed by atoms with van der Waals surface area (Å²) in [5.74, 6) is -0.282. The van der Waals surface area contributed by atoms with Crippen molar-refractivity contribution in [3.8, 4) is 0 Å². The minimum atomic E-state index is -3.72. The van der Waals surface area contributed by atoms with Crippen LogP contribution in [0.3, 0.4) is 0 Å². The Morgan fingerprint density at radius 3 is 2.32 bits per heavy atom. The number of sulfone groups is 1. The molecule has 0 radical (unpaired) electrons. The molecule has 1 fully saturated rings. The average Bonchev–Trinajstić information content (AvgIpc) is 2.27. The highest BCUT2D eigenvalue weighted by atomic mass is 32.2. The molecule has 0 amide bonds. The van der Waals surface area contributed by atoms with Crippen LogP contribution in [0.1, 0.15) is 5.56 Å². The third kappa shape index (κ3) is 2.90. The minimum absolute atomic E-state index is 0.0159. The Labute approximate surface area is 113 Å². The van der Waals surface area contributed by atoms with Crippen molar-refractivity contribution in [2.45, 2.75) is 11.8 Å². The third-order valence-corrected chi connectivity index (χ3v) is 6.67. The first kappa shape index (κ1) is 14.3. The van der Waals surface area contributed by atoms with Crippen molar-refractivity contribution in [2.24, 2.45) is 0 Å². The quantitative estimate of drug-likeness (QED) is 0.775. The smallest absolute Gasteiger partial charge is 0.245 e. The van der Waals surface area contributed by atoms with Crippen LogP contribution in [0.5, 0.6) is 0 Å². The zero-order chi connectivity index (χ0) is 14.3. The van der Waals surface area contributed by atoms with Gasteiger partial charge in [-0.05, 0) is 24.6 Å². The Hall–Kier alpha value is -1.12. The van der Waals surface area contributed by atoms with E-state index >= 15 is 0 Å². The van der Waals surface area contributed by atoms with Crippen LogP contribution in [-0.2, 0) is 19.9 Å². The van der Waals surface area contributed by atoms with Crippen molar-refractivity contribution in [1.82, 2.24) is 4.31 Å². The van der Waals surface area contributed by atoms with Crippen LogP contribution in [0.2, 0.25) is 0 Å². The molecule has 0 bridgehead atoms. The lowest BCUT2D eigenvalue weighted by molar-refractivity contribution is 0.431. The number of rotatable bonds is 2. The Kier molecular flexibility index (Phi) is 3.59. The summed E-state index contributed by atoms with van der Waals surface area (Å²) in [7, 11) is -6.83. The van der Waals surface area contributed by atoms with Gasteiger partial charge in [0.1, 0.15) is 4.90 Å². The summed E-state index contributed by atoms with van der Waals surface area (Å²) in [6, 6.07) is 4.72. The van der Waals surface area contributed by atoms with Gasteiger partial charge in [0.25, 0.3) is 0 Å². The van der Waals surface area contributed by atoms with Crippen molar-refractivity contribution in [3.05, 3.63) is 23.8 Å². The second kappa shape index (κ2) is 4.77. The van der Waals surface area contributed by atoms with Gasteiger partial charge >= 0.3 is 0 Å². The summed E-state index contributed by atoms with van der Waals surface area (Å²) >= 11 is 0. The molecule has 0 atom stereocenters. The second-order valence-corrected chi connectivity index (χ2v) is 8.81. The van der Waals surface area contributed by atoms with Crippen molar-refractivity contribution in [3.63, 3.8) is 0 Å². The van der Waals surface area contributed by atoms with Crippen molar-refractivity contribution < 1.29 is 16.8 Å². The third-order valence-electron chi connectivity index (χ3n) is 3.09. The van der Waals surface area contributed by atoms with E-state index < -0.39 is 19.9 Å². The maximum atomic E-state index is 12.4. The first-order valence-electron chi connectivity index (χ1n) is 5.79. The van der Waals surface area contributed by atoms with E-state index in [-0.39, 0.29) is 35.2 Å². The van der Waals surface area contributed by atoms with E-state index in [1.807, 2.05) is 6.92 Å². The molecule has 0 aromatic heterocycles. The topological polar surface area (TPSA) is 97.5 Å². The van der Waals surface area contributed by atoms with E-state index in [9.17, 15) is 16.8 Å². The first-order chi connectivity index (χ1) is 8.72. The van der Waals surface area contributed by atoms with Gasteiger partial charge < -0.3 is 5.73 Å². The number of sulfonamides is 1. The predicted molar refractivity (Wildman–Crippen MR) is 73.0 cm³/mol. The van der Waals surface area contributed by atoms with Gasteiger partial charge in [0.15, 0.2) is 9.84 Å². The number of benzene rings is 1. The molecule has 2 N–H and O–H groups in total. The number of hydrogen-bond donors (Lipinski definition) is 1. The molecule has 19 heavy (non-hydrogen) atoms. The van der Waals surface area contributed by atoms with E-state index in [1.165, 1.54) is 10.4 Å². The molecule has 2 rings (SSSR count). The number of hydrogen-bond acceptors (Lipinski definition) is 5. The lowest BCUT2D eigenvalue weighted by Crippen LogP contribution is -2.43. The van der Waals surface area contributed by atoms with E-state index in [1.54, 1.807) is 12.1 Å². The van der Waals surface area contributed by atoms with Crippen LogP contribution in [-0.4, -0.2) is 45.7 Å². The van der Waals surface area contributed by atoms with Gasteiger partial charge in [-0.25, -0.2) is 16.8 Å². The van der Waals surface area contributed by atoms with Gasteiger partial charge in [0.05, 0.1) is 17.2 Å². The molecule has 6 nitrogen and oxygen atoms in total. The standard InChI is InChI=1S/C11H16N2O4S2/c1-9-2-3-11(10(12)8-9)19(16,17)13-4-6-18(14,15)7-5-13/h2-3,8H,4-7,12H2,1H3. The molecule has 1 aliphatic rings. The molecule has 1 aromatic rings. The molecule has 106 valence electrons.